The number of aryl methyl sites for hydroxylation is 1. The van der Waals surface area contributed by atoms with Crippen LogP contribution in [0.5, 0.6) is 11.5 Å². The molecule has 0 heterocycles. The molecule has 4 nitrogen and oxygen atoms in total. The molecule has 1 aromatic rings. The average Bonchev–Trinajstić information content (AvgIpc) is 2.28. The predicted octanol–water partition coefficient (Wildman–Crippen LogP) is 2.75. The Balaban J connectivity index is 2.18. The maximum Gasteiger partial charge on any atom is 0.227 e. The van der Waals surface area contributed by atoms with Crippen LogP contribution in [0.3, 0.4) is 0 Å². The van der Waals surface area contributed by atoms with Gasteiger partial charge in [-0.25, -0.2) is 0 Å². The lowest BCUT2D eigenvalue weighted by Crippen LogP contribution is -2.28. The average molecular weight is 249 g/mol. The summed E-state index contributed by atoms with van der Waals surface area (Å²) in [6.45, 7) is 1.94. The summed E-state index contributed by atoms with van der Waals surface area (Å²) in [7, 11) is 3.19. The van der Waals surface area contributed by atoms with Crippen molar-refractivity contribution in [2.45, 2.75) is 26.2 Å². The zero-order valence-electron chi connectivity index (χ0n) is 11.1. The first-order valence-corrected chi connectivity index (χ1v) is 6.19. The van der Waals surface area contributed by atoms with Crippen LogP contribution in [0.4, 0.5) is 5.69 Å². The maximum atomic E-state index is 11.9. The van der Waals surface area contributed by atoms with Crippen LogP contribution < -0.4 is 14.8 Å². The Hall–Kier alpha value is -1.71. The first-order valence-electron chi connectivity index (χ1n) is 6.19. The third kappa shape index (κ3) is 2.42. The van der Waals surface area contributed by atoms with E-state index >= 15 is 0 Å². The fraction of sp³-hybridized carbons (Fsp3) is 0.500. The molecule has 0 atom stereocenters. The number of benzene rings is 1. The molecule has 4 heteroatoms. The highest BCUT2D eigenvalue weighted by atomic mass is 16.5. The van der Waals surface area contributed by atoms with Gasteiger partial charge in [0.15, 0.2) is 11.5 Å². The van der Waals surface area contributed by atoms with Crippen molar-refractivity contribution < 1.29 is 14.3 Å². The summed E-state index contributed by atoms with van der Waals surface area (Å²) >= 11 is 0. The summed E-state index contributed by atoms with van der Waals surface area (Å²) in [4.78, 5) is 11.9. The molecule has 1 aliphatic rings. The Bertz CT molecular complexity index is 453. The van der Waals surface area contributed by atoms with E-state index in [4.69, 9.17) is 9.47 Å². The van der Waals surface area contributed by atoms with Gasteiger partial charge >= 0.3 is 0 Å². The van der Waals surface area contributed by atoms with Gasteiger partial charge in [-0.1, -0.05) is 6.42 Å². The standard InChI is InChI=1S/C14H19NO3/c1-9-7-12(17-2)13(18-3)8-11(9)15-14(16)10-5-4-6-10/h7-8,10H,4-6H2,1-3H3,(H,15,16). The van der Waals surface area contributed by atoms with Gasteiger partial charge < -0.3 is 14.8 Å². The third-order valence-electron chi connectivity index (χ3n) is 3.46. The minimum Gasteiger partial charge on any atom is -0.493 e. The Morgan fingerprint density at radius 2 is 1.83 bits per heavy atom. The van der Waals surface area contributed by atoms with E-state index in [2.05, 4.69) is 5.32 Å². The van der Waals surface area contributed by atoms with Crippen LogP contribution in [0, 0.1) is 12.8 Å². The summed E-state index contributed by atoms with van der Waals surface area (Å²) in [5.41, 5.74) is 1.77. The molecule has 18 heavy (non-hydrogen) atoms. The molecule has 1 saturated carbocycles. The van der Waals surface area contributed by atoms with Crippen LogP contribution in [-0.4, -0.2) is 20.1 Å². The third-order valence-corrected chi connectivity index (χ3v) is 3.46. The number of carbonyl (C=O) groups is 1. The van der Waals surface area contributed by atoms with E-state index in [1.165, 1.54) is 0 Å². The zero-order chi connectivity index (χ0) is 13.1. The summed E-state index contributed by atoms with van der Waals surface area (Å²) in [6, 6.07) is 3.68. The molecule has 0 bridgehead atoms. The quantitative estimate of drug-likeness (QED) is 0.892. The Morgan fingerprint density at radius 1 is 1.22 bits per heavy atom. The van der Waals surface area contributed by atoms with Gasteiger partial charge in [-0.2, -0.15) is 0 Å². The number of amides is 1. The molecule has 0 aromatic heterocycles. The largest absolute Gasteiger partial charge is 0.493 e. The monoisotopic (exact) mass is 249 g/mol. The lowest BCUT2D eigenvalue weighted by Gasteiger charge is -2.24. The Morgan fingerprint density at radius 3 is 2.33 bits per heavy atom. The predicted molar refractivity (Wildman–Crippen MR) is 70.3 cm³/mol. The second kappa shape index (κ2) is 5.29. The molecule has 1 N–H and O–H groups in total. The van der Waals surface area contributed by atoms with Gasteiger partial charge in [0.25, 0.3) is 0 Å². The van der Waals surface area contributed by atoms with Crippen molar-refractivity contribution in [3.63, 3.8) is 0 Å². The van der Waals surface area contributed by atoms with Crippen molar-refractivity contribution in [2.24, 2.45) is 5.92 Å². The second-order valence-electron chi connectivity index (χ2n) is 4.64. The van der Waals surface area contributed by atoms with Crippen molar-refractivity contribution >= 4 is 11.6 Å². The number of anilines is 1. The summed E-state index contributed by atoms with van der Waals surface area (Å²) < 4.78 is 10.5. The summed E-state index contributed by atoms with van der Waals surface area (Å²) in [5.74, 6) is 1.60. The molecule has 98 valence electrons. The molecule has 0 saturated heterocycles. The van der Waals surface area contributed by atoms with Crippen LogP contribution in [0.2, 0.25) is 0 Å². The highest BCUT2D eigenvalue weighted by Crippen LogP contribution is 2.34. The van der Waals surface area contributed by atoms with Crippen molar-refractivity contribution in [2.75, 3.05) is 19.5 Å². The smallest absolute Gasteiger partial charge is 0.227 e. The fourth-order valence-electron chi connectivity index (χ4n) is 2.02. The Labute approximate surface area is 107 Å². The molecule has 2 rings (SSSR count). The van der Waals surface area contributed by atoms with Gasteiger partial charge in [0.2, 0.25) is 5.91 Å². The summed E-state index contributed by atoms with van der Waals surface area (Å²) in [5, 5.41) is 2.96. The van der Waals surface area contributed by atoms with E-state index < -0.39 is 0 Å². The van der Waals surface area contributed by atoms with Gasteiger partial charge in [-0.15, -0.1) is 0 Å². The fourth-order valence-corrected chi connectivity index (χ4v) is 2.02. The van der Waals surface area contributed by atoms with E-state index in [-0.39, 0.29) is 11.8 Å². The Kier molecular flexibility index (Phi) is 3.75. The molecule has 0 unspecified atom stereocenters. The second-order valence-corrected chi connectivity index (χ2v) is 4.64. The SMILES string of the molecule is COc1cc(C)c(NC(=O)C2CCC2)cc1OC. The minimum atomic E-state index is 0.108. The topological polar surface area (TPSA) is 47.6 Å². The van der Waals surface area contributed by atoms with Crippen molar-refractivity contribution in [3.8, 4) is 11.5 Å². The number of carbonyl (C=O) groups excluding carboxylic acids is 1. The van der Waals surface area contributed by atoms with Crippen LogP contribution in [-0.2, 0) is 4.79 Å². The van der Waals surface area contributed by atoms with E-state index in [1.807, 2.05) is 19.1 Å². The molecule has 1 aromatic carbocycles. The minimum absolute atomic E-state index is 0.108. The van der Waals surface area contributed by atoms with Gasteiger partial charge in [0, 0.05) is 17.7 Å². The zero-order valence-corrected chi connectivity index (χ0v) is 11.1. The van der Waals surface area contributed by atoms with Crippen molar-refractivity contribution in [1.82, 2.24) is 0 Å². The molecule has 1 fully saturated rings. The first kappa shape index (κ1) is 12.7. The molecular weight excluding hydrogens is 230 g/mol. The van der Waals surface area contributed by atoms with Crippen LogP contribution in [0.25, 0.3) is 0 Å². The number of nitrogens with one attached hydrogen (secondary N) is 1. The van der Waals surface area contributed by atoms with Crippen LogP contribution in [0.15, 0.2) is 12.1 Å². The lowest BCUT2D eigenvalue weighted by atomic mass is 9.85. The molecule has 0 radical (unpaired) electrons. The molecule has 1 amide bonds. The number of ether oxygens (including phenoxy) is 2. The molecular formula is C14H19NO3. The summed E-state index contributed by atoms with van der Waals surface area (Å²) in [6.07, 6.45) is 3.15. The highest BCUT2D eigenvalue weighted by molar-refractivity contribution is 5.94. The van der Waals surface area contributed by atoms with Crippen molar-refractivity contribution in [1.29, 1.82) is 0 Å². The molecule has 0 spiro atoms. The van der Waals surface area contributed by atoms with Crippen LogP contribution >= 0.6 is 0 Å². The normalized spacial score (nSPS) is 14.8. The molecule has 1 aliphatic carbocycles. The van der Waals surface area contributed by atoms with E-state index in [0.717, 1.165) is 30.5 Å². The number of rotatable bonds is 4. The van der Waals surface area contributed by atoms with E-state index in [1.54, 1.807) is 14.2 Å². The van der Waals surface area contributed by atoms with E-state index in [0.29, 0.717) is 11.5 Å². The number of hydrogen-bond donors (Lipinski definition) is 1. The first-order chi connectivity index (χ1) is 8.65. The van der Waals surface area contributed by atoms with Gasteiger partial charge in [0.05, 0.1) is 14.2 Å². The van der Waals surface area contributed by atoms with Gasteiger partial charge in [-0.05, 0) is 31.4 Å². The highest BCUT2D eigenvalue weighted by Gasteiger charge is 2.25. The lowest BCUT2D eigenvalue weighted by molar-refractivity contribution is -0.122. The number of methoxy groups -OCH3 is 2. The van der Waals surface area contributed by atoms with Crippen LogP contribution in [0.1, 0.15) is 24.8 Å². The van der Waals surface area contributed by atoms with Gasteiger partial charge in [-0.3, -0.25) is 4.79 Å². The number of hydrogen-bond acceptors (Lipinski definition) is 3. The molecule has 0 aliphatic heterocycles. The maximum absolute atomic E-state index is 11.9. The van der Waals surface area contributed by atoms with Gasteiger partial charge in [0.1, 0.15) is 0 Å². The van der Waals surface area contributed by atoms with Crippen molar-refractivity contribution in [3.05, 3.63) is 17.7 Å². The van der Waals surface area contributed by atoms with E-state index in [9.17, 15) is 4.79 Å².